The van der Waals surface area contributed by atoms with Crippen LogP contribution in [0.5, 0.6) is 0 Å². The second-order valence-electron chi connectivity index (χ2n) is 3.97. The van der Waals surface area contributed by atoms with Crippen molar-refractivity contribution in [2.24, 2.45) is 0 Å². The summed E-state index contributed by atoms with van der Waals surface area (Å²) in [4.78, 5) is 15.3. The van der Waals surface area contributed by atoms with Crippen LogP contribution in [0.1, 0.15) is 12.5 Å². The Labute approximate surface area is 105 Å². The van der Waals surface area contributed by atoms with Crippen LogP contribution in [0.25, 0.3) is 11.3 Å². The Hall–Kier alpha value is -2.20. The SMILES string of the molecule is CC(=O)Nc1cccc(-c2cc(CO)ccn2)c1. The number of aliphatic hydroxyl groups is 1. The summed E-state index contributed by atoms with van der Waals surface area (Å²) >= 11 is 0. The summed E-state index contributed by atoms with van der Waals surface area (Å²) in [6, 6.07) is 11.0. The third-order valence-electron chi connectivity index (χ3n) is 2.49. The molecule has 1 amide bonds. The highest BCUT2D eigenvalue weighted by Crippen LogP contribution is 2.21. The van der Waals surface area contributed by atoms with Crippen molar-refractivity contribution in [2.75, 3.05) is 5.32 Å². The van der Waals surface area contributed by atoms with Gasteiger partial charge in [0.25, 0.3) is 0 Å². The van der Waals surface area contributed by atoms with E-state index in [1.807, 2.05) is 30.3 Å². The first-order chi connectivity index (χ1) is 8.69. The van der Waals surface area contributed by atoms with Crippen LogP contribution in [0.4, 0.5) is 5.69 Å². The monoisotopic (exact) mass is 242 g/mol. The van der Waals surface area contributed by atoms with Gasteiger partial charge in [-0.25, -0.2) is 0 Å². The van der Waals surface area contributed by atoms with Crippen molar-refractivity contribution in [3.63, 3.8) is 0 Å². The molecule has 0 aliphatic heterocycles. The normalized spacial score (nSPS) is 10.1. The van der Waals surface area contributed by atoms with Crippen molar-refractivity contribution in [2.45, 2.75) is 13.5 Å². The Balaban J connectivity index is 2.34. The van der Waals surface area contributed by atoms with Crippen LogP contribution >= 0.6 is 0 Å². The van der Waals surface area contributed by atoms with Crippen molar-refractivity contribution in [3.8, 4) is 11.3 Å². The van der Waals surface area contributed by atoms with E-state index in [0.29, 0.717) is 0 Å². The maximum atomic E-state index is 11.0. The fraction of sp³-hybridized carbons (Fsp3) is 0.143. The Kier molecular flexibility index (Phi) is 3.69. The first-order valence-electron chi connectivity index (χ1n) is 5.63. The summed E-state index contributed by atoms with van der Waals surface area (Å²) in [5.41, 5.74) is 3.21. The Morgan fingerprint density at radius 3 is 2.89 bits per heavy atom. The van der Waals surface area contributed by atoms with E-state index in [9.17, 15) is 4.79 Å². The highest BCUT2D eigenvalue weighted by molar-refractivity contribution is 5.89. The van der Waals surface area contributed by atoms with Crippen LogP contribution in [0.3, 0.4) is 0 Å². The van der Waals surface area contributed by atoms with E-state index in [1.165, 1.54) is 6.92 Å². The van der Waals surface area contributed by atoms with E-state index < -0.39 is 0 Å². The fourth-order valence-electron chi connectivity index (χ4n) is 1.69. The Morgan fingerprint density at radius 1 is 1.33 bits per heavy atom. The van der Waals surface area contributed by atoms with Crippen molar-refractivity contribution < 1.29 is 9.90 Å². The number of aliphatic hydroxyl groups excluding tert-OH is 1. The summed E-state index contributed by atoms with van der Waals surface area (Å²) in [6.07, 6.45) is 1.66. The van der Waals surface area contributed by atoms with Gasteiger partial charge in [-0.1, -0.05) is 12.1 Å². The van der Waals surface area contributed by atoms with Crippen LogP contribution in [0, 0.1) is 0 Å². The van der Waals surface area contributed by atoms with Gasteiger partial charge in [0.2, 0.25) is 5.91 Å². The third kappa shape index (κ3) is 2.93. The van der Waals surface area contributed by atoms with Gasteiger partial charge in [0, 0.05) is 24.4 Å². The number of aromatic nitrogens is 1. The van der Waals surface area contributed by atoms with Gasteiger partial charge in [0.05, 0.1) is 12.3 Å². The summed E-state index contributed by atoms with van der Waals surface area (Å²) in [5.74, 6) is -0.107. The predicted octanol–water partition coefficient (Wildman–Crippen LogP) is 2.20. The van der Waals surface area contributed by atoms with Gasteiger partial charge < -0.3 is 10.4 Å². The molecule has 0 radical (unpaired) electrons. The summed E-state index contributed by atoms with van der Waals surface area (Å²) in [5, 5.41) is 11.8. The molecule has 2 aromatic rings. The minimum atomic E-state index is -0.107. The first-order valence-corrected chi connectivity index (χ1v) is 5.63. The fourth-order valence-corrected chi connectivity index (χ4v) is 1.69. The minimum Gasteiger partial charge on any atom is -0.392 e. The Bertz CT molecular complexity index is 567. The molecule has 0 bridgehead atoms. The zero-order chi connectivity index (χ0) is 13.0. The molecule has 1 aromatic heterocycles. The van der Waals surface area contributed by atoms with Gasteiger partial charge in [-0.15, -0.1) is 0 Å². The van der Waals surface area contributed by atoms with Crippen LogP contribution in [-0.2, 0) is 11.4 Å². The van der Waals surface area contributed by atoms with E-state index in [2.05, 4.69) is 10.3 Å². The first kappa shape index (κ1) is 12.3. The average molecular weight is 242 g/mol. The maximum Gasteiger partial charge on any atom is 0.221 e. The molecule has 1 aromatic carbocycles. The molecule has 4 nitrogen and oxygen atoms in total. The van der Waals surface area contributed by atoms with E-state index in [1.54, 1.807) is 12.3 Å². The van der Waals surface area contributed by atoms with Crippen LogP contribution in [0.2, 0.25) is 0 Å². The maximum absolute atomic E-state index is 11.0. The number of carbonyl (C=O) groups excluding carboxylic acids is 1. The van der Waals surface area contributed by atoms with Crippen LogP contribution in [0.15, 0.2) is 42.6 Å². The molecule has 2 rings (SSSR count). The third-order valence-corrected chi connectivity index (χ3v) is 2.49. The summed E-state index contributed by atoms with van der Waals surface area (Å²) in [7, 11) is 0. The van der Waals surface area contributed by atoms with Gasteiger partial charge in [0.1, 0.15) is 0 Å². The largest absolute Gasteiger partial charge is 0.392 e. The molecule has 0 atom stereocenters. The predicted molar refractivity (Wildman–Crippen MR) is 69.9 cm³/mol. The van der Waals surface area contributed by atoms with Crippen molar-refractivity contribution in [3.05, 3.63) is 48.2 Å². The molecule has 0 unspecified atom stereocenters. The molecule has 0 saturated carbocycles. The highest BCUT2D eigenvalue weighted by Gasteiger charge is 2.02. The van der Waals surface area contributed by atoms with Crippen molar-refractivity contribution >= 4 is 11.6 Å². The van der Waals surface area contributed by atoms with E-state index >= 15 is 0 Å². The number of benzene rings is 1. The molecule has 18 heavy (non-hydrogen) atoms. The standard InChI is InChI=1S/C14H14N2O2/c1-10(18)16-13-4-2-3-12(8-13)14-7-11(9-17)5-6-15-14/h2-8,17H,9H2,1H3,(H,16,18). The molecule has 0 spiro atoms. The van der Waals surface area contributed by atoms with Crippen molar-refractivity contribution in [1.29, 1.82) is 0 Å². The average Bonchev–Trinajstić information content (AvgIpc) is 2.38. The molecule has 0 fully saturated rings. The lowest BCUT2D eigenvalue weighted by Gasteiger charge is -2.06. The number of nitrogens with one attached hydrogen (secondary N) is 1. The van der Waals surface area contributed by atoms with Gasteiger partial charge >= 0.3 is 0 Å². The highest BCUT2D eigenvalue weighted by atomic mass is 16.3. The lowest BCUT2D eigenvalue weighted by atomic mass is 10.1. The molecular weight excluding hydrogens is 228 g/mol. The van der Waals surface area contributed by atoms with Gasteiger partial charge in [0.15, 0.2) is 0 Å². The molecule has 4 heteroatoms. The summed E-state index contributed by atoms with van der Waals surface area (Å²) in [6.45, 7) is 1.46. The van der Waals surface area contributed by atoms with Crippen LogP contribution in [-0.4, -0.2) is 16.0 Å². The second-order valence-corrected chi connectivity index (χ2v) is 3.97. The lowest BCUT2D eigenvalue weighted by molar-refractivity contribution is -0.114. The molecule has 1 heterocycles. The molecular formula is C14H14N2O2. The van der Waals surface area contributed by atoms with E-state index in [0.717, 1.165) is 22.5 Å². The summed E-state index contributed by atoms with van der Waals surface area (Å²) < 4.78 is 0. The Morgan fingerprint density at radius 2 is 2.17 bits per heavy atom. The van der Waals surface area contributed by atoms with E-state index in [4.69, 9.17) is 5.11 Å². The number of nitrogens with zero attached hydrogens (tertiary/aromatic N) is 1. The quantitative estimate of drug-likeness (QED) is 0.867. The van der Waals surface area contributed by atoms with Gasteiger partial charge in [-0.05, 0) is 29.8 Å². The number of rotatable bonds is 3. The number of pyridine rings is 1. The lowest BCUT2D eigenvalue weighted by Crippen LogP contribution is -2.05. The van der Waals surface area contributed by atoms with Crippen molar-refractivity contribution in [1.82, 2.24) is 4.98 Å². The number of hydrogen-bond donors (Lipinski definition) is 2. The van der Waals surface area contributed by atoms with Crippen LogP contribution < -0.4 is 5.32 Å². The number of amides is 1. The van der Waals surface area contributed by atoms with Gasteiger partial charge in [-0.2, -0.15) is 0 Å². The molecule has 2 N–H and O–H groups in total. The smallest absolute Gasteiger partial charge is 0.221 e. The van der Waals surface area contributed by atoms with E-state index in [-0.39, 0.29) is 12.5 Å². The zero-order valence-electron chi connectivity index (χ0n) is 10.1. The second kappa shape index (κ2) is 5.42. The molecule has 92 valence electrons. The number of hydrogen-bond acceptors (Lipinski definition) is 3. The zero-order valence-corrected chi connectivity index (χ0v) is 10.1. The molecule has 0 aliphatic rings. The number of carbonyl (C=O) groups is 1. The molecule has 0 saturated heterocycles. The minimum absolute atomic E-state index is 0.0130. The van der Waals surface area contributed by atoms with Gasteiger partial charge in [-0.3, -0.25) is 9.78 Å². The molecule has 0 aliphatic carbocycles. The number of anilines is 1. The topological polar surface area (TPSA) is 62.2 Å².